The van der Waals surface area contributed by atoms with E-state index in [1.165, 1.54) is 40.5 Å². The highest BCUT2D eigenvalue weighted by molar-refractivity contribution is 7.86. The van der Waals surface area contributed by atoms with Gasteiger partial charge in [0.25, 0.3) is 15.8 Å². The van der Waals surface area contributed by atoms with Crippen LogP contribution in [0.4, 0.5) is 10.5 Å². The summed E-state index contributed by atoms with van der Waals surface area (Å²) in [6.07, 6.45) is -0.304. The number of rotatable bonds is 7. The highest BCUT2D eigenvalue weighted by atomic mass is 32.2. The molecule has 0 radical (unpaired) electrons. The van der Waals surface area contributed by atoms with Crippen LogP contribution >= 0.6 is 11.3 Å². The van der Waals surface area contributed by atoms with Gasteiger partial charge >= 0.3 is 6.09 Å². The van der Waals surface area contributed by atoms with Gasteiger partial charge in [-0.15, -0.1) is 11.3 Å². The van der Waals surface area contributed by atoms with Crippen molar-refractivity contribution in [1.29, 1.82) is 0 Å². The first-order chi connectivity index (χ1) is 14.6. The van der Waals surface area contributed by atoms with Crippen molar-refractivity contribution in [3.8, 4) is 0 Å². The molecule has 0 aliphatic carbocycles. The standard InChI is InChI=1S/C18H21N3O8S2/c1-11-15(9-22)19-17(30-11)16-7-14(29-31(2,26)27)8-20(16)18(23)28-10-12-3-5-13(6-4-12)21(24)25/h3-6,14,16,22H,7-10H2,1-2H3/t14-,16+/m1/s1. The molecule has 1 aliphatic heterocycles. The minimum absolute atomic E-state index is 0.0100. The van der Waals surface area contributed by atoms with E-state index in [1.807, 2.05) is 0 Å². The topological polar surface area (TPSA) is 149 Å². The number of aryl methyl sites for hydroxylation is 1. The number of likely N-dealkylation sites (tertiary alicyclic amines) is 1. The molecule has 11 nitrogen and oxygen atoms in total. The Morgan fingerprint density at radius 2 is 2.06 bits per heavy atom. The third-order valence-corrected chi connectivity index (χ3v) is 6.40. The van der Waals surface area contributed by atoms with Crippen molar-refractivity contribution in [2.75, 3.05) is 12.8 Å². The van der Waals surface area contributed by atoms with Crippen molar-refractivity contribution in [1.82, 2.24) is 9.88 Å². The van der Waals surface area contributed by atoms with Crippen molar-refractivity contribution in [2.24, 2.45) is 0 Å². The van der Waals surface area contributed by atoms with E-state index in [4.69, 9.17) is 8.92 Å². The predicted molar refractivity (Wildman–Crippen MR) is 110 cm³/mol. The van der Waals surface area contributed by atoms with Crippen LogP contribution in [-0.4, -0.2) is 53.3 Å². The highest BCUT2D eigenvalue weighted by Gasteiger charge is 2.41. The monoisotopic (exact) mass is 471 g/mol. The van der Waals surface area contributed by atoms with E-state index in [1.54, 1.807) is 6.92 Å². The molecule has 0 spiro atoms. The van der Waals surface area contributed by atoms with Crippen LogP contribution in [0.3, 0.4) is 0 Å². The molecule has 1 N–H and O–H groups in total. The van der Waals surface area contributed by atoms with Crippen molar-refractivity contribution in [3.63, 3.8) is 0 Å². The molecule has 1 aromatic heterocycles. The number of aromatic nitrogens is 1. The Balaban J connectivity index is 1.75. The molecule has 1 amide bonds. The van der Waals surface area contributed by atoms with Crippen LogP contribution in [0.15, 0.2) is 24.3 Å². The predicted octanol–water partition coefficient (Wildman–Crippen LogP) is 2.28. The number of non-ortho nitro benzene ring substituents is 1. The van der Waals surface area contributed by atoms with Crippen LogP contribution in [0.5, 0.6) is 0 Å². The van der Waals surface area contributed by atoms with Gasteiger partial charge in [-0.3, -0.25) is 19.2 Å². The average molecular weight is 472 g/mol. The molecule has 0 saturated carbocycles. The highest BCUT2D eigenvalue weighted by Crippen LogP contribution is 2.37. The summed E-state index contributed by atoms with van der Waals surface area (Å²) in [7, 11) is -3.73. The number of carbonyl (C=O) groups excluding carboxylic acids is 1. The summed E-state index contributed by atoms with van der Waals surface area (Å²) >= 11 is 1.31. The number of ether oxygens (including phenoxy) is 1. The molecule has 1 aromatic carbocycles. The van der Waals surface area contributed by atoms with E-state index in [0.717, 1.165) is 11.1 Å². The van der Waals surface area contributed by atoms with Gasteiger partial charge in [0.1, 0.15) is 11.6 Å². The van der Waals surface area contributed by atoms with E-state index in [2.05, 4.69) is 4.98 Å². The van der Waals surface area contributed by atoms with Crippen molar-refractivity contribution in [3.05, 3.63) is 55.5 Å². The first-order valence-electron chi connectivity index (χ1n) is 9.19. The Hall–Kier alpha value is -2.61. The van der Waals surface area contributed by atoms with Gasteiger partial charge in [-0.2, -0.15) is 8.42 Å². The largest absolute Gasteiger partial charge is 0.445 e. The maximum atomic E-state index is 12.8. The normalized spacial score (nSPS) is 18.9. The number of carbonyl (C=O) groups is 1. The molecule has 1 saturated heterocycles. The van der Waals surface area contributed by atoms with Crippen LogP contribution in [-0.2, 0) is 32.3 Å². The molecule has 13 heteroatoms. The minimum atomic E-state index is -3.73. The van der Waals surface area contributed by atoms with E-state index in [-0.39, 0.29) is 31.9 Å². The molecule has 31 heavy (non-hydrogen) atoms. The molecular formula is C18H21N3O8S2. The van der Waals surface area contributed by atoms with E-state index < -0.39 is 33.3 Å². The molecule has 1 aliphatic rings. The van der Waals surface area contributed by atoms with Gasteiger partial charge in [-0.1, -0.05) is 0 Å². The number of aliphatic hydroxyl groups excluding tert-OH is 1. The summed E-state index contributed by atoms with van der Waals surface area (Å²) in [4.78, 5) is 29.5. The van der Waals surface area contributed by atoms with Crippen LogP contribution in [0, 0.1) is 17.0 Å². The first kappa shape index (κ1) is 23.1. The lowest BCUT2D eigenvalue weighted by molar-refractivity contribution is -0.384. The number of benzene rings is 1. The number of aliphatic hydroxyl groups is 1. The van der Waals surface area contributed by atoms with Gasteiger partial charge in [0, 0.05) is 23.4 Å². The fourth-order valence-electron chi connectivity index (χ4n) is 3.23. The summed E-state index contributed by atoms with van der Waals surface area (Å²) in [6, 6.07) is 5.03. The van der Waals surface area contributed by atoms with E-state index in [0.29, 0.717) is 16.3 Å². The van der Waals surface area contributed by atoms with Gasteiger partial charge in [-0.05, 0) is 24.6 Å². The van der Waals surface area contributed by atoms with Gasteiger partial charge in [0.05, 0.1) is 42.2 Å². The Bertz CT molecular complexity index is 1070. The minimum Gasteiger partial charge on any atom is -0.445 e. The zero-order valence-corrected chi connectivity index (χ0v) is 18.4. The third-order valence-electron chi connectivity index (χ3n) is 4.66. The molecule has 0 unspecified atom stereocenters. The first-order valence-corrected chi connectivity index (χ1v) is 11.8. The number of nitro groups is 1. The second-order valence-electron chi connectivity index (χ2n) is 7.02. The number of nitrogens with zero attached hydrogens (tertiary/aromatic N) is 3. The Morgan fingerprint density at radius 1 is 1.39 bits per heavy atom. The van der Waals surface area contributed by atoms with Crippen LogP contribution in [0.2, 0.25) is 0 Å². The molecule has 2 aromatic rings. The fourth-order valence-corrected chi connectivity index (χ4v) is 4.92. The fraction of sp³-hybridized carbons (Fsp3) is 0.444. The summed E-state index contributed by atoms with van der Waals surface area (Å²) in [5.74, 6) is 0. The van der Waals surface area contributed by atoms with Gasteiger partial charge in [-0.25, -0.2) is 9.78 Å². The quantitative estimate of drug-likeness (QED) is 0.364. The maximum Gasteiger partial charge on any atom is 0.410 e. The number of nitro benzene ring substituents is 1. The maximum absolute atomic E-state index is 12.8. The second kappa shape index (κ2) is 9.26. The smallest absolute Gasteiger partial charge is 0.410 e. The lowest BCUT2D eigenvalue weighted by atomic mass is 10.2. The van der Waals surface area contributed by atoms with Gasteiger partial charge in [0.2, 0.25) is 0 Å². The van der Waals surface area contributed by atoms with Crippen LogP contribution in [0.1, 0.15) is 33.6 Å². The number of amides is 1. The zero-order chi connectivity index (χ0) is 22.8. The molecular weight excluding hydrogens is 450 g/mol. The van der Waals surface area contributed by atoms with Crippen molar-refractivity contribution < 1.29 is 32.2 Å². The number of hydrogen-bond donors (Lipinski definition) is 1. The summed E-state index contributed by atoms with van der Waals surface area (Å²) in [5, 5.41) is 20.7. The Labute approximate surface area is 182 Å². The Morgan fingerprint density at radius 3 is 2.61 bits per heavy atom. The molecule has 168 valence electrons. The zero-order valence-electron chi connectivity index (χ0n) is 16.8. The lowest BCUT2D eigenvalue weighted by Crippen LogP contribution is -2.33. The van der Waals surface area contributed by atoms with Gasteiger partial charge < -0.3 is 9.84 Å². The molecule has 0 bridgehead atoms. The van der Waals surface area contributed by atoms with Crippen molar-refractivity contribution >= 4 is 33.2 Å². The molecule has 1 fully saturated rings. The second-order valence-corrected chi connectivity index (χ2v) is 9.85. The summed E-state index contributed by atoms with van der Waals surface area (Å²) in [5.41, 5.74) is 0.979. The van der Waals surface area contributed by atoms with Crippen molar-refractivity contribution in [2.45, 2.75) is 38.7 Å². The van der Waals surface area contributed by atoms with Gasteiger partial charge in [0.15, 0.2) is 0 Å². The SMILES string of the molecule is Cc1sc([C@@H]2C[C@@H](OS(C)(=O)=O)CN2C(=O)OCc2ccc([N+](=O)[O-])cc2)nc1CO. The number of thiazole rings is 1. The molecule has 2 heterocycles. The molecule has 2 atom stereocenters. The van der Waals surface area contributed by atoms with E-state index >= 15 is 0 Å². The van der Waals surface area contributed by atoms with Crippen LogP contribution < -0.4 is 0 Å². The summed E-state index contributed by atoms with van der Waals surface area (Å²) in [6.45, 7) is 1.42. The lowest BCUT2D eigenvalue weighted by Gasteiger charge is -2.22. The number of hydrogen-bond acceptors (Lipinski definition) is 10. The summed E-state index contributed by atoms with van der Waals surface area (Å²) < 4.78 is 33.5. The third kappa shape index (κ3) is 5.76. The average Bonchev–Trinajstić information content (AvgIpc) is 3.28. The Kier molecular flexibility index (Phi) is 6.89. The molecule has 3 rings (SSSR count). The van der Waals surface area contributed by atoms with E-state index in [9.17, 15) is 28.4 Å². The van der Waals surface area contributed by atoms with Crippen LogP contribution in [0.25, 0.3) is 0 Å².